The van der Waals surface area contributed by atoms with E-state index in [2.05, 4.69) is 9.88 Å². The molecule has 0 aromatic carbocycles. The number of fused-ring (bicyclic) bond motifs is 1. The van der Waals surface area contributed by atoms with Gasteiger partial charge in [0.15, 0.2) is 11.5 Å². The smallest absolute Gasteiger partial charge is 0.290 e. The second-order valence-corrected chi connectivity index (χ2v) is 8.68. The van der Waals surface area contributed by atoms with E-state index in [0.29, 0.717) is 31.8 Å². The molecule has 31 heavy (non-hydrogen) atoms. The van der Waals surface area contributed by atoms with Gasteiger partial charge in [0.25, 0.3) is 5.91 Å². The molecule has 4 heterocycles. The molecule has 8 nitrogen and oxygen atoms in total. The first-order valence-electron chi connectivity index (χ1n) is 11.2. The third kappa shape index (κ3) is 3.77. The molecule has 1 saturated carbocycles. The van der Waals surface area contributed by atoms with Gasteiger partial charge in [-0.05, 0) is 30.5 Å². The molecule has 1 aromatic rings. The highest BCUT2D eigenvalue weighted by molar-refractivity contribution is 6.11. The fourth-order valence-corrected chi connectivity index (χ4v) is 5.29. The Bertz CT molecular complexity index is 867. The lowest BCUT2D eigenvalue weighted by molar-refractivity contribution is -0.138. The zero-order chi connectivity index (χ0) is 21.4. The van der Waals surface area contributed by atoms with E-state index in [1.54, 1.807) is 24.4 Å². The number of carbonyl (C=O) groups excluding carboxylic acids is 2. The summed E-state index contributed by atoms with van der Waals surface area (Å²) in [6.45, 7) is 4.40. The minimum absolute atomic E-state index is 0.0600. The molecule has 5 rings (SSSR count). The first-order valence-corrected chi connectivity index (χ1v) is 11.2. The summed E-state index contributed by atoms with van der Waals surface area (Å²) in [5.41, 5.74) is 1.42. The molecule has 1 saturated heterocycles. The molecule has 0 spiro atoms. The van der Waals surface area contributed by atoms with Gasteiger partial charge in [-0.1, -0.05) is 0 Å². The average molecular weight is 428 g/mol. The standard InChI is InChI=1S/C23H29N3O5/c1-29-16-2-3-17-18(14-16)31-22-19(21(17)27)20(15-4-6-24-7-5-15)26(23(22)28)9-8-25-10-12-30-13-11-25/h4-7,16-18,20H,2-3,8-14H2,1H3. The van der Waals surface area contributed by atoms with Crippen molar-refractivity contribution in [2.24, 2.45) is 5.92 Å². The normalized spacial score (nSPS) is 31.5. The van der Waals surface area contributed by atoms with Crippen LogP contribution in [-0.4, -0.2) is 85.2 Å². The van der Waals surface area contributed by atoms with Crippen LogP contribution in [0.15, 0.2) is 35.9 Å². The number of rotatable bonds is 5. The molecule has 4 unspecified atom stereocenters. The van der Waals surface area contributed by atoms with Gasteiger partial charge in [0, 0.05) is 52.1 Å². The zero-order valence-corrected chi connectivity index (χ0v) is 17.9. The van der Waals surface area contributed by atoms with E-state index in [1.807, 2.05) is 12.1 Å². The van der Waals surface area contributed by atoms with E-state index in [4.69, 9.17) is 14.2 Å². The number of carbonyl (C=O) groups is 2. The molecule has 1 aromatic heterocycles. The van der Waals surface area contributed by atoms with Crippen LogP contribution in [0, 0.1) is 5.92 Å². The van der Waals surface area contributed by atoms with Crippen molar-refractivity contribution in [3.63, 3.8) is 0 Å². The number of nitrogens with zero attached hydrogens (tertiary/aromatic N) is 3. The molecular formula is C23H29N3O5. The van der Waals surface area contributed by atoms with Gasteiger partial charge in [0.05, 0.1) is 36.9 Å². The largest absolute Gasteiger partial charge is 0.483 e. The minimum Gasteiger partial charge on any atom is -0.483 e. The predicted octanol–water partition coefficient (Wildman–Crippen LogP) is 1.33. The molecule has 1 amide bonds. The molecule has 3 aliphatic heterocycles. The van der Waals surface area contributed by atoms with Crippen LogP contribution in [0.25, 0.3) is 0 Å². The summed E-state index contributed by atoms with van der Waals surface area (Å²) in [5, 5.41) is 0. The van der Waals surface area contributed by atoms with Crippen molar-refractivity contribution in [3.05, 3.63) is 41.4 Å². The summed E-state index contributed by atoms with van der Waals surface area (Å²) in [7, 11) is 1.69. The Kier molecular flexibility index (Phi) is 5.77. The molecule has 166 valence electrons. The average Bonchev–Trinajstić information content (AvgIpc) is 3.10. The SMILES string of the molecule is COC1CCC2C(=O)C3=C(OC2C1)C(=O)N(CCN1CCOCC1)C3c1ccncc1. The van der Waals surface area contributed by atoms with Crippen LogP contribution >= 0.6 is 0 Å². The van der Waals surface area contributed by atoms with E-state index in [1.165, 1.54) is 0 Å². The minimum atomic E-state index is -0.417. The molecule has 0 bridgehead atoms. The molecule has 4 atom stereocenters. The van der Waals surface area contributed by atoms with Crippen LogP contribution in [0.5, 0.6) is 0 Å². The Balaban J connectivity index is 1.44. The Labute approximate surface area is 182 Å². The Morgan fingerprint density at radius 1 is 1.13 bits per heavy atom. The maximum Gasteiger partial charge on any atom is 0.290 e. The maximum absolute atomic E-state index is 13.6. The van der Waals surface area contributed by atoms with Crippen LogP contribution in [0.1, 0.15) is 30.9 Å². The molecule has 8 heteroatoms. The highest BCUT2D eigenvalue weighted by Crippen LogP contribution is 2.46. The number of amides is 1. The number of hydrogen-bond acceptors (Lipinski definition) is 7. The summed E-state index contributed by atoms with van der Waals surface area (Å²) < 4.78 is 17.2. The fraction of sp³-hybridized carbons (Fsp3) is 0.609. The van der Waals surface area contributed by atoms with Crippen LogP contribution in [-0.2, 0) is 23.8 Å². The molecule has 0 radical (unpaired) electrons. The Morgan fingerprint density at radius 2 is 1.90 bits per heavy atom. The Morgan fingerprint density at radius 3 is 2.65 bits per heavy atom. The van der Waals surface area contributed by atoms with E-state index in [0.717, 1.165) is 38.0 Å². The molecule has 0 N–H and O–H groups in total. The quantitative estimate of drug-likeness (QED) is 0.701. The van der Waals surface area contributed by atoms with Crippen molar-refractivity contribution in [1.82, 2.24) is 14.8 Å². The lowest BCUT2D eigenvalue weighted by Gasteiger charge is -2.38. The fourth-order valence-electron chi connectivity index (χ4n) is 5.29. The summed E-state index contributed by atoms with van der Waals surface area (Å²) in [4.78, 5) is 35.3. The third-order valence-corrected chi connectivity index (χ3v) is 7.02. The molecule has 2 fully saturated rings. The number of aromatic nitrogens is 1. The monoisotopic (exact) mass is 427 g/mol. The summed E-state index contributed by atoms with van der Waals surface area (Å²) in [6.07, 6.45) is 5.41. The summed E-state index contributed by atoms with van der Waals surface area (Å²) >= 11 is 0. The highest BCUT2D eigenvalue weighted by Gasteiger charge is 2.52. The van der Waals surface area contributed by atoms with Gasteiger partial charge in [-0.15, -0.1) is 0 Å². The van der Waals surface area contributed by atoms with Gasteiger partial charge in [-0.3, -0.25) is 19.5 Å². The van der Waals surface area contributed by atoms with Gasteiger partial charge < -0.3 is 19.1 Å². The van der Waals surface area contributed by atoms with Crippen LogP contribution in [0.3, 0.4) is 0 Å². The van der Waals surface area contributed by atoms with Crippen LogP contribution in [0.4, 0.5) is 0 Å². The van der Waals surface area contributed by atoms with Crippen molar-refractivity contribution in [3.8, 4) is 0 Å². The highest BCUT2D eigenvalue weighted by atomic mass is 16.5. The van der Waals surface area contributed by atoms with E-state index in [9.17, 15) is 9.59 Å². The molecule has 1 aliphatic carbocycles. The van der Waals surface area contributed by atoms with E-state index in [-0.39, 0.29) is 35.6 Å². The number of Topliss-reactive ketones (excluding diaryl/α,β-unsaturated/α-hetero) is 1. The summed E-state index contributed by atoms with van der Waals surface area (Å²) in [5.74, 6) is -0.0884. The van der Waals surface area contributed by atoms with E-state index >= 15 is 0 Å². The number of ether oxygens (including phenoxy) is 3. The van der Waals surface area contributed by atoms with Gasteiger partial charge in [-0.25, -0.2) is 0 Å². The topological polar surface area (TPSA) is 81.2 Å². The number of ketones is 1. The van der Waals surface area contributed by atoms with Crippen molar-refractivity contribution >= 4 is 11.7 Å². The van der Waals surface area contributed by atoms with Crippen LogP contribution < -0.4 is 0 Å². The first kappa shape index (κ1) is 20.6. The number of morpholine rings is 1. The lowest BCUT2D eigenvalue weighted by Crippen LogP contribution is -2.43. The van der Waals surface area contributed by atoms with Gasteiger partial charge in [-0.2, -0.15) is 0 Å². The summed E-state index contributed by atoms with van der Waals surface area (Å²) in [6, 6.07) is 3.35. The molecule has 4 aliphatic rings. The van der Waals surface area contributed by atoms with Gasteiger partial charge in [0.2, 0.25) is 0 Å². The maximum atomic E-state index is 13.6. The first-order chi connectivity index (χ1) is 15.2. The number of pyridine rings is 1. The predicted molar refractivity (Wildman–Crippen MR) is 111 cm³/mol. The second-order valence-electron chi connectivity index (χ2n) is 8.68. The van der Waals surface area contributed by atoms with Crippen molar-refractivity contribution < 1.29 is 23.8 Å². The zero-order valence-electron chi connectivity index (χ0n) is 17.9. The van der Waals surface area contributed by atoms with Crippen molar-refractivity contribution in [2.75, 3.05) is 46.5 Å². The van der Waals surface area contributed by atoms with Crippen molar-refractivity contribution in [2.45, 2.75) is 37.5 Å². The Hall–Kier alpha value is -2.29. The lowest BCUT2D eigenvalue weighted by atomic mass is 9.76. The van der Waals surface area contributed by atoms with Crippen molar-refractivity contribution in [1.29, 1.82) is 0 Å². The van der Waals surface area contributed by atoms with Gasteiger partial charge in [0.1, 0.15) is 6.10 Å². The number of methoxy groups -OCH3 is 1. The van der Waals surface area contributed by atoms with Crippen LogP contribution in [0.2, 0.25) is 0 Å². The van der Waals surface area contributed by atoms with Gasteiger partial charge >= 0.3 is 0 Å². The van der Waals surface area contributed by atoms with E-state index < -0.39 is 6.04 Å². The third-order valence-electron chi connectivity index (χ3n) is 7.02. The number of hydrogen-bond donors (Lipinski definition) is 0. The second kappa shape index (κ2) is 8.68. The molecular weight excluding hydrogens is 398 g/mol.